The maximum absolute atomic E-state index is 12.6. The molecule has 3 heterocycles. The highest BCUT2D eigenvalue weighted by molar-refractivity contribution is 7.17. The van der Waals surface area contributed by atoms with Crippen molar-refractivity contribution in [3.05, 3.63) is 28.2 Å². The molecule has 2 aromatic rings. The smallest absolute Gasteiger partial charge is 0.257 e. The molecule has 0 aliphatic carbocycles. The van der Waals surface area contributed by atoms with Crippen LogP contribution < -0.4 is 5.32 Å². The summed E-state index contributed by atoms with van der Waals surface area (Å²) in [6.07, 6.45) is 1.53. The SMILES string of the molecule is CN(CC(=O)N1CCNCC1)C(=O)c1csc2cc(Cl)cnc12. The molecule has 0 radical (unpaired) electrons. The van der Waals surface area contributed by atoms with Gasteiger partial charge in [0.25, 0.3) is 5.91 Å². The zero-order chi connectivity index (χ0) is 16.4. The van der Waals surface area contributed by atoms with Crippen molar-refractivity contribution in [2.75, 3.05) is 39.8 Å². The Kier molecular flexibility index (Phi) is 4.79. The number of carbonyl (C=O) groups excluding carboxylic acids is 2. The Balaban J connectivity index is 1.72. The minimum absolute atomic E-state index is 0.0297. The number of thiophene rings is 1. The van der Waals surface area contributed by atoms with E-state index in [-0.39, 0.29) is 18.4 Å². The molecule has 0 spiro atoms. The van der Waals surface area contributed by atoms with Gasteiger partial charge in [0.1, 0.15) is 0 Å². The topological polar surface area (TPSA) is 65.5 Å². The number of rotatable bonds is 3. The van der Waals surface area contributed by atoms with Crippen LogP contribution in [0, 0.1) is 0 Å². The van der Waals surface area contributed by atoms with Gasteiger partial charge in [-0.2, -0.15) is 0 Å². The van der Waals surface area contributed by atoms with E-state index in [2.05, 4.69) is 10.3 Å². The second-order valence-corrected chi connectivity index (χ2v) is 6.79. The van der Waals surface area contributed by atoms with Crippen molar-refractivity contribution in [1.82, 2.24) is 20.1 Å². The first-order valence-corrected chi connectivity index (χ1v) is 8.58. The maximum atomic E-state index is 12.6. The second kappa shape index (κ2) is 6.82. The second-order valence-electron chi connectivity index (χ2n) is 5.44. The molecular weight excluding hydrogens is 336 g/mol. The van der Waals surface area contributed by atoms with E-state index < -0.39 is 0 Å². The van der Waals surface area contributed by atoms with Gasteiger partial charge in [0.05, 0.1) is 27.3 Å². The van der Waals surface area contributed by atoms with E-state index in [0.717, 1.165) is 17.8 Å². The fraction of sp³-hybridized carbons (Fsp3) is 0.400. The molecule has 0 unspecified atom stereocenters. The average molecular weight is 353 g/mol. The largest absolute Gasteiger partial charge is 0.339 e. The molecule has 2 amide bonds. The Morgan fingerprint density at radius 1 is 1.43 bits per heavy atom. The quantitative estimate of drug-likeness (QED) is 0.908. The number of amides is 2. The highest BCUT2D eigenvalue weighted by Crippen LogP contribution is 2.27. The van der Waals surface area contributed by atoms with Gasteiger partial charge in [0, 0.05) is 44.8 Å². The summed E-state index contributed by atoms with van der Waals surface area (Å²) in [5, 5.41) is 5.51. The van der Waals surface area contributed by atoms with Crippen LogP contribution in [0.1, 0.15) is 10.4 Å². The number of hydrogen-bond acceptors (Lipinski definition) is 5. The number of carbonyl (C=O) groups is 2. The summed E-state index contributed by atoms with van der Waals surface area (Å²) in [4.78, 5) is 32.3. The van der Waals surface area contributed by atoms with Crippen molar-refractivity contribution in [3.63, 3.8) is 0 Å². The summed E-state index contributed by atoms with van der Waals surface area (Å²) in [7, 11) is 1.64. The van der Waals surface area contributed by atoms with Gasteiger partial charge in [-0.1, -0.05) is 11.6 Å². The van der Waals surface area contributed by atoms with Crippen LogP contribution in [0.2, 0.25) is 5.02 Å². The summed E-state index contributed by atoms with van der Waals surface area (Å²) in [5.74, 6) is -0.229. The van der Waals surface area contributed by atoms with Crippen molar-refractivity contribution in [1.29, 1.82) is 0 Å². The third-order valence-electron chi connectivity index (χ3n) is 3.80. The molecule has 122 valence electrons. The molecule has 1 fully saturated rings. The predicted molar refractivity (Wildman–Crippen MR) is 91.0 cm³/mol. The van der Waals surface area contributed by atoms with E-state index in [1.165, 1.54) is 22.4 Å². The Hall–Kier alpha value is -1.70. The first kappa shape index (κ1) is 16.2. The molecule has 6 nitrogen and oxygen atoms in total. The molecule has 3 rings (SSSR count). The van der Waals surface area contributed by atoms with Gasteiger partial charge < -0.3 is 15.1 Å². The Labute approximate surface area is 143 Å². The molecule has 0 aromatic carbocycles. The van der Waals surface area contributed by atoms with Crippen LogP contribution in [-0.2, 0) is 4.79 Å². The first-order chi connectivity index (χ1) is 11.1. The van der Waals surface area contributed by atoms with Crippen LogP contribution in [-0.4, -0.2) is 66.4 Å². The lowest BCUT2D eigenvalue weighted by atomic mass is 10.2. The van der Waals surface area contributed by atoms with Crippen molar-refractivity contribution in [3.8, 4) is 0 Å². The molecule has 23 heavy (non-hydrogen) atoms. The lowest BCUT2D eigenvalue weighted by Crippen LogP contribution is -2.49. The van der Waals surface area contributed by atoms with E-state index in [0.29, 0.717) is 29.2 Å². The van der Waals surface area contributed by atoms with E-state index in [1.54, 1.807) is 23.4 Å². The Morgan fingerprint density at radius 2 is 2.17 bits per heavy atom. The van der Waals surface area contributed by atoms with E-state index >= 15 is 0 Å². The fourth-order valence-electron chi connectivity index (χ4n) is 2.54. The highest BCUT2D eigenvalue weighted by atomic mass is 35.5. The summed E-state index contributed by atoms with van der Waals surface area (Å²) < 4.78 is 0.864. The van der Waals surface area contributed by atoms with Crippen molar-refractivity contribution >= 4 is 45.0 Å². The molecular formula is C15H17ClN4O2S. The predicted octanol–water partition coefficient (Wildman–Crippen LogP) is 1.45. The monoisotopic (exact) mass is 352 g/mol. The van der Waals surface area contributed by atoms with Crippen LogP contribution in [0.15, 0.2) is 17.6 Å². The number of likely N-dealkylation sites (N-methyl/N-ethyl adjacent to an activating group) is 1. The summed E-state index contributed by atoms with van der Waals surface area (Å²) in [6, 6.07) is 1.79. The van der Waals surface area contributed by atoms with E-state index in [4.69, 9.17) is 11.6 Å². The lowest BCUT2D eigenvalue weighted by Gasteiger charge is -2.29. The number of aromatic nitrogens is 1. The lowest BCUT2D eigenvalue weighted by molar-refractivity contribution is -0.132. The standard InChI is InChI=1S/C15H17ClN4O2S/c1-19(8-13(21)20-4-2-17-3-5-20)15(22)11-9-23-12-6-10(16)7-18-14(11)12/h6-7,9,17H,2-5,8H2,1H3. The molecule has 1 aliphatic heterocycles. The van der Waals surface area contributed by atoms with Gasteiger partial charge in [0.15, 0.2) is 0 Å². The number of nitrogens with one attached hydrogen (secondary N) is 1. The van der Waals surface area contributed by atoms with Crippen molar-refractivity contribution in [2.24, 2.45) is 0 Å². The number of hydrogen-bond donors (Lipinski definition) is 1. The molecule has 0 saturated carbocycles. The zero-order valence-electron chi connectivity index (χ0n) is 12.7. The number of piperazine rings is 1. The van der Waals surface area contributed by atoms with Gasteiger partial charge in [-0.3, -0.25) is 14.6 Å². The highest BCUT2D eigenvalue weighted by Gasteiger charge is 2.22. The number of nitrogens with zero attached hydrogens (tertiary/aromatic N) is 3. The molecule has 8 heteroatoms. The summed E-state index contributed by atoms with van der Waals surface area (Å²) >= 11 is 7.34. The minimum Gasteiger partial charge on any atom is -0.339 e. The first-order valence-electron chi connectivity index (χ1n) is 7.33. The van der Waals surface area contributed by atoms with Crippen LogP contribution >= 0.6 is 22.9 Å². The van der Waals surface area contributed by atoms with Crippen molar-refractivity contribution < 1.29 is 9.59 Å². The van der Waals surface area contributed by atoms with Crippen LogP contribution in [0.5, 0.6) is 0 Å². The minimum atomic E-state index is -0.199. The van der Waals surface area contributed by atoms with E-state index in [9.17, 15) is 9.59 Å². The third-order valence-corrected chi connectivity index (χ3v) is 4.92. The average Bonchev–Trinajstić information content (AvgIpc) is 2.97. The van der Waals surface area contributed by atoms with Crippen LogP contribution in [0.4, 0.5) is 0 Å². The third kappa shape index (κ3) is 3.46. The van der Waals surface area contributed by atoms with Crippen LogP contribution in [0.3, 0.4) is 0 Å². The zero-order valence-corrected chi connectivity index (χ0v) is 14.3. The molecule has 0 atom stereocenters. The van der Waals surface area contributed by atoms with E-state index in [1.807, 2.05) is 0 Å². The van der Waals surface area contributed by atoms with Gasteiger partial charge in [0.2, 0.25) is 5.91 Å². The molecule has 1 saturated heterocycles. The fourth-order valence-corrected chi connectivity index (χ4v) is 3.69. The van der Waals surface area contributed by atoms with Gasteiger partial charge in [-0.05, 0) is 6.07 Å². The number of fused-ring (bicyclic) bond motifs is 1. The number of pyridine rings is 1. The summed E-state index contributed by atoms with van der Waals surface area (Å²) in [6.45, 7) is 3.03. The van der Waals surface area contributed by atoms with Crippen LogP contribution in [0.25, 0.3) is 10.2 Å². The Morgan fingerprint density at radius 3 is 2.91 bits per heavy atom. The summed E-state index contributed by atoms with van der Waals surface area (Å²) in [5.41, 5.74) is 1.14. The molecule has 1 N–H and O–H groups in total. The molecule has 1 aliphatic rings. The van der Waals surface area contributed by atoms with Crippen molar-refractivity contribution in [2.45, 2.75) is 0 Å². The Bertz CT molecular complexity index is 742. The maximum Gasteiger partial charge on any atom is 0.257 e. The van der Waals surface area contributed by atoms with Gasteiger partial charge in [-0.25, -0.2) is 0 Å². The molecule has 0 bridgehead atoms. The van der Waals surface area contributed by atoms with Gasteiger partial charge >= 0.3 is 0 Å². The molecule has 2 aromatic heterocycles. The van der Waals surface area contributed by atoms with Gasteiger partial charge in [-0.15, -0.1) is 11.3 Å². The normalized spacial score (nSPS) is 15.0. The number of halogens is 1.